The number of amides is 3. The first-order valence-corrected chi connectivity index (χ1v) is 11.1. The van der Waals surface area contributed by atoms with Gasteiger partial charge < -0.3 is 15.5 Å². The third-order valence-corrected chi connectivity index (χ3v) is 6.25. The predicted molar refractivity (Wildman–Crippen MR) is 122 cm³/mol. The molecule has 31 heavy (non-hydrogen) atoms. The van der Waals surface area contributed by atoms with Crippen molar-refractivity contribution in [3.8, 4) is 0 Å². The van der Waals surface area contributed by atoms with Gasteiger partial charge in [0, 0.05) is 31.3 Å². The first-order valence-electron chi connectivity index (χ1n) is 10.2. The van der Waals surface area contributed by atoms with Gasteiger partial charge in [-0.15, -0.1) is 0 Å². The Labute approximate surface area is 184 Å². The van der Waals surface area contributed by atoms with Gasteiger partial charge in [-0.1, -0.05) is 29.0 Å². The van der Waals surface area contributed by atoms with Gasteiger partial charge in [0.2, 0.25) is 11.8 Å². The molecule has 4 rings (SSSR count). The zero-order valence-corrected chi connectivity index (χ0v) is 18.3. The molecule has 0 bridgehead atoms. The van der Waals surface area contributed by atoms with Gasteiger partial charge in [0.1, 0.15) is 0 Å². The summed E-state index contributed by atoms with van der Waals surface area (Å²) in [6.45, 7) is 4.50. The van der Waals surface area contributed by atoms with Crippen LogP contribution in [0.15, 0.2) is 42.5 Å². The van der Waals surface area contributed by atoms with Crippen LogP contribution in [0.25, 0.3) is 10.2 Å². The number of rotatable bonds is 4. The van der Waals surface area contributed by atoms with Crippen LogP contribution in [0, 0.1) is 12.8 Å². The molecule has 0 radical (unpaired) electrons. The topological polar surface area (TPSA) is 91.4 Å². The highest BCUT2D eigenvalue weighted by atomic mass is 32.1. The van der Waals surface area contributed by atoms with Crippen molar-refractivity contribution in [1.82, 2.24) is 9.88 Å². The normalized spacial score (nSPS) is 16.2. The number of anilines is 2. The molecule has 3 amide bonds. The summed E-state index contributed by atoms with van der Waals surface area (Å²) < 4.78 is 0.876. The monoisotopic (exact) mass is 436 g/mol. The van der Waals surface area contributed by atoms with E-state index < -0.39 is 0 Å². The number of hydrogen-bond acceptors (Lipinski definition) is 5. The molecule has 1 atom stereocenters. The van der Waals surface area contributed by atoms with Gasteiger partial charge in [0.05, 0.1) is 16.1 Å². The third-order valence-electron chi connectivity index (χ3n) is 5.32. The Balaban J connectivity index is 1.42. The largest absolute Gasteiger partial charge is 0.338 e. The van der Waals surface area contributed by atoms with E-state index >= 15 is 0 Å². The van der Waals surface area contributed by atoms with Crippen molar-refractivity contribution in [3.63, 3.8) is 0 Å². The number of carbonyl (C=O) groups excluding carboxylic acids is 3. The predicted octanol–water partition coefficient (Wildman–Crippen LogP) is 4.05. The zero-order chi connectivity index (χ0) is 22.0. The lowest BCUT2D eigenvalue weighted by Gasteiger charge is -2.32. The van der Waals surface area contributed by atoms with Crippen molar-refractivity contribution in [2.45, 2.75) is 26.7 Å². The Morgan fingerprint density at radius 3 is 2.61 bits per heavy atom. The SMILES string of the molecule is CC(=O)Nc1nc2ccc(NC(=O)C3CCCN(C(=O)c4ccc(C)cc4)C3)cc2s1. The van der Waals surface area contributed by atoms with Crippen LogP contribution in [0.2, 0.25) is 0 Å². The lowest BCUT2D eigenvalue weighted by Crippen LogP contribution is -2.43. The van der Waals surface area contributed by atoms with E-state index in [-0.39, 0.29) is 23.6 Å². The van der Waals surface area contributed by atoms with E-state index in [9.17, 15) is 14.4 Å². The maximum absolute atomic E-state index is 12.9. The number of likely N-dealkylation sites (tertiary alicyclic amines) is 1. The van der Waals surface area contributed by atoms with Crippen molar-refractivity contribution >= 4 is 50.1 Å². The summed E-state index contributed by atoms with van der Waals surface area (Å²) >= 11 is 1.36. The van der Waals surface area contributed by atoms with Crippen LogP contribution in [0.5, 0.6) is 0 Å². The zero-order valence-electron chi connectivity index (χ0n) is 17.5. The van der Waals surface area contributed by atoms with E-state index in [2.05, 4.69) is 15.6 Å². The van der Waals surface area contributed by atoms with Gasteiger partial charge in [-0.3, -0.25) is 14.4 Å². The quantitative estimate of drug-likeness (QED) is 0.645. The standard InChI is InChI=1S/C23H24N4O3S/c1-14-5-7-16(8-6-14)22(30)27-11-3-4-17(13-27)21(29)25-18-9-10-19-20(12-18)31-23(26-19)24-15(2)28/h5-10,12,17H,3-4,11,13H2,1-2H3,(H,25,29)(H,24,26,28). The summed E-state index contributed by atoms with van der Waals surface area (Å²) in [5, 5.41) is 6.19. The number of hydrogen-bond donors (Lipinski definition) is 2. The number of fused-ring (bicyclic) bond motifs is 1. The van der Waals surface area contributed by atoms with Crippen LogP contribution < -0.4 is 10.6 Å². The number of nitrogens with one attached hydrogen (secondary N) is 2. The summed E-state index contributed by atoms with van der Waals surface area (Å²) in [6, 6.07) is 13.0. The molecule has 1 aliphatic heterocycles. The van der Waals surface area contributed by atoms with Gasteiger partial charge in [0.15, 0.2) is 5.13 Å². The molecule has 1 fully saturated rings. The molecule has 3 aromatic rings. The number of nitrogens with zero attached hydrogens (tertiary/aromatic N) is 2. The summed E-state index contributed by atoms with van der Waals surface area (Å²) in [7, 11) is 0. The number of aromatic nitrogens is 1. The van der Waals surface area contributed by atoms with Crippen LogP contribution in [0.3, 0.4) is 0 Å². The summed E-state index contributed by atoms with van der Waals surface area (Å²) in [4.78, 5) is 43.1. The lowest BCUT2D eigenvalue weighted by molar-refractivity contribution is -0.121. The van der Waals surface area contributed by atoms with E-state index in [1.807, 2.05) is 43.3 Å². The molecule has 1 aliphatic rings. The minimum absolute atomic E-state index is 0.0333. The Morgan fingerprint density at radius 1 is 1.10 bits per heavy atom. The fraction of sp³-hybridized carbons (Fsp3) is 0.304. The molecule has 2 N–H and O–H groups in total. The number of piperidine rings is 1. The summed E-state index contributed by atoms with van der Waals surface area (Å²) in [5.41, 5.74) is 3.20. The average molecular weight is 437 g/mol. The lowest BCUT2D eigenvalue weighted by atomic mass is 9.96. The van der Waals surface area contributed by atoms with Crippen LogP contribution in [-0.4, -0.2) is 40.7 Å². The third kappa shape index (κ3) is 4.91. The first kappa shape index (κ1) is 21.0. The molecule has 2 aromatic carbocycles. The van der Waals surface area contributed by atoms with E-state index in [1.54, 1.807) is 11.0 Å². The second kappa shape index (κ2) is 8.85. The number of carbonyl (C=O) groups is 3. The Hall–Kier alpha value is -3.26. The van der Waals surface area contributed by atoms with Gasteiger partial charge in [-0.05, 0) is 50.1 Å². The van der Waals surface area contributed by atoms with Crippen molar-refractivity contribution in [2.24, 2.45) is 5.92 Å². The Morgan fingerprint density at radius 2 is 1.87 bits per heavy atom. The molecule has 1 unspecified atom stereocenters. The molecule has 7 nitrogen and oxygen atoms in total. The highest BCUT2D eigenvalue weighted by Gasteiger charge is 2.29. The van der Waals surface area contributed by atoms with Crippen molar-refractivity contribution in [1.29, 1.82) is 0 Å². The molecule has 160 valence electrons. The average Bonchev–Trinajstić information content (AvgIpc) is 3.14. The van der Waals surface area contributed by atoms with E-state index in [0.29, 0.717) is 29.5 Å². The van der Waals surface area contributed by atoms with Gasteiger partial charge in [0.25, 0.3) is 5.91 Å². The second-order valence-corrected chi connectivity index (χ2v) is 8.86. The maximum Gasteiger partial charge on any atom is 0.253 e. The summed E-state index contributed by atoms with van der Waals surface area (Å²) in [6.07, 6.45) is 1.54. The molecular weight excluding hydrogens is 412 g/mol. The van der Waals surface area contributed by atoms with Crippen LogP contribution in [0.1, 0.15) is 35.7 Å². The highest BCUT2D eigenvalue weighted by molar-refractivity contribution is 7.22. The number of benzene rings is 2. The molecule has 0 aliphatic carbocycles. The molecular formula is C23H24N4O3S. The fourth-order valence-electron chi connectivity index (χ4n) is 3.71. The molecule has 2 heterocycles. The van der Waals surface area contributed by atoms with Crippen LogP contribution in [0.4, 0.5) is 10.8 Å². The highest BCUT2D eigenvalue weighted by Crippen LogP contribution is 2.29. The molecule has 0 spiro atoms. The molecule has 0 saturated carbocycles. The van der Waals surface area contributed by atoms with Crippen molar-refractivity contribution in [2.75, 3.05) is 23.7 Å². The molecule has 8 heteroatoms. The Kier molecular flexibility index (Phi) is 5.99. The summed E-state index contributed by atoms with van der Waals surface area (Å²) in [5.74, 6) is -0.550. The van der Waals surface area contributed by atoms with E-state index in [1.165, 1.54) is 18.3 Å². The molecule has 1 saturated heterocycles. The first-order chi connectivity index (χ1) is 14.9. The fourth-order valence-corrected chi connectivity index (χ4v) is 4.66. The van der Waals surface area contributed by atoms with E-state index in [0.717, 1.165) is 28.6 Å². The maximum atomic E-state index is 12.9. The Bertz CT molecular complexity index is 1140. The van der Waals surface area contributed by atoms with Crippen molar-refractivity contribution in [3.05, 3.63) is 53.6 Å². The van der Waals surface area contributed by atoms with Crippen molar-refractivity contribution < 1.29 is 14.4 Å². The smallest absolute Gasteiger partial charge is 0.253 e. The van der Waals surface area contributed by atoms with Crippen LogP contribution >= 0.6 is 11.3 Å². The van der Waals surface area contributed by atoms with Gasteiger partial charge in [-0.2, -0.15) is 0 Å². The number of aryl methyl sites for hydroxylation is 1. The minimum atomic E-state index is -0.254. The minimum Gasteiger partial charge on any atom is -0.338 e. The molecule has 1 aromatic heterocycles. The number of thiazole rings is 1. The van der Waals surface area contributed by atoms with E-state index in [4.69, 9.17) is 0 Å². The second-order valence-electron chi connectivity index (χ2n) is 7.83. The van der Waals surface area contributed by atoms with Gasteiger partial charge in [-0.25, -0.2) is 4.98 Å². The van der Waals surface area contributed by atoms with Crippen LogP contribution in [-0.2, 0) is 9.59 Å². The van der Waals surface area contributed by atoms with Gasteiger partial charge >= 0.3 is 0 Å².